The fraction of sp³-hybridized carbons (Fsp3) is 0.455. The Bertz CT molecular complexity index is 445. The largest absolute Gasteiger partial charge is 0.377 e. The zero-order chi connectivity index (χ0) is 13.7. The molecule has 0 heterocycles. The molecule has 1 atom stereocenters. The molecule has 1 unspecified atom stereocenters. The summed E-state index contributed by atoms with van der Waals surface area (Å²) >= 11 is 3.45. The molecule has 0 aromatic heterocycles. The average molecular weight is 384 g/mol. The number of hydrogen-bond acceptors (Lipinski definition) is 4. The fourth-order valence-electron chi connectivity index (χ4n) is 1.44. The third-order valence-electron chi connectivity index (χ3n) is 2.39. The second-order valence-electron chi connectivity index (χ2n) is 3.87. The van der Waals surface area contributed by atoms with Crippen molar-refractivity contribution in [1.82, 2.24) is 0 Å². The van der Waals surface area contributed by atoms with E-state index in [1.165, 1.54) is 12.1 Å². The van der Waals surface area contributed by atoms with Gasteiger partial charge in [0.15, 0.2) is 0 Å². The molecule has 7 heteroatoms. The number of thioether (sulfide) groups is 1. The molecule has 0 saturated heterocycles. The highest BCUT2D eigenvalue weighted by atomic mass is 127. The van der Waals surface area contributed by atoms with Crippen molar-refractivity contribution in [3.05, 3.63) is 31.6 Å². The van der Waals surface area contributed by atoms with E-state index < -0.39 is 10.7 Å². The van der Waals surface area contributed by atoms with Crippen LogP contribution in [0.1, 0.15) is 13.3 Å². The van der Waals surface area contributed by atoms with E-state index in [1.807, 2.05) is 13.2 Å². The SMILES string of the molecule is CSCCC(C)Nc1cc(F)c(I)cc1[N+](=O)[O-]. The lowest BCUT2D eigenvalue weighted by Crippen LogP contribution is -2.17. The van der Waals surface area contributed by atoms with E-state index in [-0.39, 0.29) is 21.0 Å². The Morgan fingerprint density at radius 1 is 1.61 bits per heavy atom. The zero-order valence-corrected chi connectivity index (χ0v) is 13.0. The van der Waals surface area contributed by atoms with Gasteiger partial charge in [-0.25, -0.2) is 4.39 Å². The smallest absolute Gasteiger partial charge is 0.293 e. The van der Waals surface area contributed by atoms with E-state index in [4.69, 9.17) is 0 Å². The van der Waals surface area contributed by atoms with Gasteiger partial charge in [0.25, 0.3) is 5.69 Å². The highest BCUT2D eigenvalue weighted by Gasteiger charge is 2.18. The molecule has 4 nitrogen and oxygen atoms in total. The van der Waals surface area contributed by atoms with Crippen LogP contribution < -0.4 is 5.32 Å². The molecule has 0 bridgehead atoms. The van der Waals surface area contributed by atoms with Crippen LogP contribution in [0.3, 0.4) is 0 Å². The van der Waals surface area contributed by atoms with Crippen LogP contribution in [-0.4, -0.2) is 23.0 Å². The van der Waals surface area contributed by atoms with Crippen molar-refractivity contribution >= 4 is 45.7 Å². The molecule has 1 aromatic rings. The minimum atomic E-state index is -0.495. The van der Waals surface area contributed by atoms with Crippen LogP contribution in [0.15, 0.2) is 12.1 Å². The molecule has 1 N–H and O–H groups in total. The van der Waals surface area contributed by atoms with Crippen LogP contribution in [0.25, 0.3) is 0 Å². The summed E-state index contributed by atoms with van der Waals surface area (Å²) in [5, 5.41) is 13.9. The molecule has 18 heavy (non-hydrogen) atoms. The van der Waals surface area contributed by atoms with Crippen molar-refractivity contribution in [2.24, 2.45) is 0 Å². The minimum Gasteiger partial charge on any atom is -0.377 e. The van der Waals surface area contributed by atoms with E-state index in [1.54, 1.807) is 34.4 Å². The first-order valence-corrected chi connectivity index (χ1v) is 7.82. The van der Waals surface area contributed by atoms with Crippen LogP contribution in [0.4, 0.5) is 15.8 Å². The third kappa shape index (κ3) is 4.27. The van der Waals surface area contributed by atoms with Gasteiger partial charge in [0, 0.05) is 18.2 Å². The first kappa shape index (κ1) is 15.5. The van der Waals surface area contributed by atoms with Crippen molar-refractivity contribution in [3.8, 4) is 0 Å². The Hall–Kier alpha value is -0.570. The van der Waals surface area contributed by atoms with Gasteiger partial charge in [0.1, 0.15) is 11.5 Å². The van der Waals surface area contributed by atoms with Gasteiger partial charge in [0.05, 0.1) is 8.49 Å². The predicted octanol–water partition coefficient (Wildman–Crippen LogP) is 3.89. The van der Waals surface area contributed by atoms with Gasteiger partial charge in [-0.2, -0.15) is 11.8 Å². The van der Waals surface area contributed by atoms with Gasteiger partial charge in [-0.15, -0.1) is 0 Å². The average Bonchev–Trinajstić information content (AvgIpc) is 2.30. The maximum Gasteiger partial charge on any atom is 0.293 e. The number of nitrogens with one attached hydrogen (secondary N) is 1. The second-order valence-corrected chi connectivity index (χ2v) is 6.02. The number of nitro groups is 1. The number of nitrogens with zero attached hydrogens (tertiary/aromatic N) is 1. The van der Waals surface area contributed by atoms with Crippen LogP contribution in [0.2, 0.25) is 0 Å². The number of hydrogen-bond donors (Lipinski definition) is 1. The van der Waals surface area contributed by atoms with Crippen LogP contribution in [0.5, 0.6) is 0 Å². The molecule has 0 amide bonds. The molecule has 0 aliphatic rings. The van der Waals surface area contributed by atoms with Gasteiger partial charge in [-0.05, 0) is 47.9 Å². The summed E-state index contributed by atoms with van der Waals surface area (Å²) in [5.74, 6) is 0.509. The standard InChI is InChI=1S/C11H14FIN2O2S/c1-7(3-4-18-2)14-10-5-8(12)9(13)6-11(10)15(16)17/h5-7,14H,3-4H2,1-2H3. The molecule has 0 aliphatic heterocycles. The first-order valence-electron chi connectivity index (χ1n) is 5.34. The maximum atomic E-state index is 13.5. The molecule has 0 radical (unpaired) electrons. The quantitative estimate of drug-likeness (QED) is 0.459. The van der Waals surface area contributed by atoms with E-state index in [0.717, 1.165) is 12.2 Å². The highest BCUT2D eigenvalue weighted by molar-refractivity contribution is 14.1. The molecule has 1 rings (SSSR count). The van der Waals surface area contributed by atoms with Crippen LogP contribution in [-0.2, 0) is 0 Å². The summed E-state index contributed by atoms with van der Waals surface area (Å²) in [6, 6.07) is 2.50. The summed E-state index contributed by atoms with van der Waals surface area (Å²) in [6.45, 7) is 1.93. The lowest BCUT2D eigenvalue weighted by atomic mass is 10.2. The van der Waals surface area contributed by atoms with Gasteiger partial charge in [0.2, 0.25) is 0 Å². The van der Waals surface area contributed by atoms with E-state index in [9.17, 15) is 14.5 Å². The molecule has 0 aliphatic carbocycles. The Labute approximate surface area is 123 Å². The van der Waals surface area contributed by atoms with Crippen molar-refractivity contribution < 1.29 is 9.31 Å². The summed E-state index contributed by atoms with van der Waals surface area (Å²) in [6.07, 6.45) is 2.87. The Kier molecular flexibility index (Phi) is 6.13. The summed E-state index contributed by atoms with van der Waals surface area (Å²) in [7, 11) is 0. The fourth-order valence-corrected chi connectivity index (χ4v) is 2.48. The normalized spacial score (nSPS) is 12.2. The molecule has 0 saturated carbocycles. The molecular formula is C11H14FIN2O2S. The Morgan fingerprint density at radius 3 is 2.83 bits per heavy atom. The van der Waals surface area contributed by atoms with Gasteiger partial charge >= 0.3 is 0 Å². The van der Waals surface area contributed by atoms with Gasteiger partial charge in [-0.3, -0.25) is 10.1 Å². The topological polar surface area (TPSA) is 55.2 Å². The summed E-state index contributed by atoms with van der Waals surface area (Å²) in [5.41, 5.74) is 0.156. The molecule has 0 fully saturated rings. The van der Waals surface area contributed by atoms with Crippen molar-refractivity contribution in [3.63, 3.8) is 0 Å². The molecular weight excluding hydrogens is 370 g/mol. The number of anilines is 1. The van der Waals surface area contributed by atoms with Crippen LogP contribution in [0, 0.1) is 19.5 Å². The van der Waals surface area contributed by atoms with Crippen molar-refractivity contribution in [1.29, 1.82) is 0 Å². The first-order chi connectivity index (χ1) is 8.45. The lowest BCUT2D eigenvalue weighted by Gasteiger charge is -2.15. The predicted molar refractivity (Wildman–Crippen MR) is 81.9 cm³/mol. The summed E-state index contributed by atoms with van der Waals surface area (Å²) in [4.78, 5) is 10.4. The zero-order valence-electron chi connectivity index (χ0n) is 10.1. The van der Waals surface area contributed by atoms with Gasteiger partial charge in [-0.1, -0.05) is 0 Å². The van der Waals surface area contributed by atoms with E-state index in [2.05, 4.69) is 5.32 Å². The molecule has 100 valence electrons. The maximum absolute atomic E-state index is 13.5. The monoisotopic (exact) mass is 384 g/mol. The lowest BCUT2D eigenvalue weighted by molar-refractivity contribution is -0.384. The number of halogens is 2. The van der Waals surface area contributed by atoms with Gasteiger partial charge < -0.3 is 5.32 Å². The summed E-state index contributed by atoms with van der Waals surface area (Å²) < 4.78 is 13.7. The Morgan fingerprint density at radius 2 is 2.28 bits per heavy atom. The Balaban J connectivity index is 2.93. The van der Waals surface area contributed by atoms with Crippen LogP contribution >= 0.6 is 34.4 Å². The highest BCUT2D eigenvalue weighted by Crippen LogP contribution is 2.29. The molecule has 0 spiro atoms. The number of benzene rings is 1. The second kappa shape index (κ2) is 7.13. The van der Waals surface area contributed by atoms with Crippen molar-refractivity contribution in [2.45, 2.75) is 19.4 Å². The minimum absolute atomic E-state index is 0.0654. The molecule has 1 aromatic carbocycles. The van der Waals surface area contributed by atoms with E-state index >= 15 is 0 Å². The third-order valence-corrected chi connectivity index (χ3v) is 3.86. The van der Waals surface area contributed by atoms with E-state index in [0.29, 0.717) is 0 Å². The van der Waals surface area contributed by atoms with Crippen molar-refractivity contribution in [2.75, 3.05) is 17.3 Å². The number of rotatable bonds is 6. The number of nitro benzene ring substituents is 1.